The molecule has 0 aliphatic heterocycles. The van der Waals surface area contributed by atoms with E-state index in [4.69, 9.17) is 4.42 Å². The van der Waals surface area contributed by atoms with Crippen molar-refractivity contribution in [3.05, 3.63) is 150 Å². The molecule has 0 fully saturated rings. The monoisotopic (exact) mass is 610 g/mol. The lowest BCUT2D eigenvalue weighted by atomic mass is 10.0. The van der Waals surface area contributed by atoms with E-state index in [0.717, 1.165) is 38.8 Å². The van der Waals surface area contributed by atoms with Crippen molar-refractivity contribution >= 4 is 28.4 Å². The van der Waals surface area contributed by atoms with Gasteiger partial charge in [0.15, 0.2) is 0 Å². The van der Waals surface area contributed by atoms with E-state index in [1.54, 1.807) is 17.2 Å². The molecule has 2 heterocycles. The molecule has 0 spiro atoms. The number of H-pyrrole nitrogens is 1. The van der Waals surface area contributed by atoms with Gasteiger partial charge in [-0.05, 0) is 71.1 Å². The predicted molar refractivity (Wildman–Crippen MR) is 184 cm³/mol. The van der Waals surface area contributed by atoms with E-state index in [2.05, 4.69) is 41.4 Å². The zero-order valence-corrected chi connectivity index (χ0v) is 26.2. The number of hydrogen-bond acceptors (Lipinski definition) is 4. The van der Waals surface area contributed by atoms with Gasteiger partial charge in [-0.1, -0.05) is 72.8 Å². The lowest BCUT2D eigenvalue weighted by Crippen LogP contribution is -2.43. The summed E-state index contributed by atoms with van der Waals surface area (Å²) in [6.45, 7) is 1.05. The van der Waals surface area contributed by atoms with Crippen molar-refractivity contribution in [2.75, 3.05) is 32.1 Å². The standard InChI is InChI=1S/C39H38N4O3/c1-41(2)34-20-14-29(15-21-34)26-42(23-22-33-25-40-37-13-7-6-12-36(33)37)38(44)28-43(27-35-11-8-24-46-35)39(45)32-18-16-31(17-19-32)30-9-4-3-5-10-30/h3-21,24-25,40H,22-23,26-28H2,1-2H3. The third kappa shape index (κ3) is 7.21. The van der Waals surface area contributed by atoms with E-state index < -0.39 is 0 Å². The van der Waals surface area contributed by atoms with Gasteiger partial charge in [-0.15, -0.1) is 0 Å². The number of carbonyl (C=O) groups is 2. The minimum Gasteiger partial charge on any atom is -0.467 e. The zero-order valence-electron chi connectivity index (χ0n) is 26.2. The summed E-state index contributed by atoms with van der Waals surface area (Å²) in [7, 11) is 4.01. The fourth-order valence-electron chi connectivity index (χ4n) is 5.68. The van der Waals surface area contributed by atoms with Crippen LogP contribution in [0.1, 0.15) is 27.2 Å². The normalized spacial score (nSPS) is 11.0. The average Bonchev–Trinajstić information content (AvgIpc) is 3.77. The lowest BCUT2D eigenvalue weighted by molar-refractivity contribution is -0.132. The summed E-state index contributed by atoms with van der Waals surface area (Å²) in [6.07, 6.45) is 4.28. The van der Waals surface area contributed by atoms with Crippen molar-refractivity contribution in [1.82, 2.24) is 14.8 Å². The molecular formula is C39H38N4O3. The molecule has 0 saturated carbocycles. The lowest BCUT2D eigenvalue weighted by Gasteiger charge is -2.28. The number of nitrogens with one attached hydrogen (secondary N) is 1. The molecule has 6 rings (SSSR count). The molecule has 1 N–H and O–H groups in total. The number of aromatic nitrogens is 1. The number of para-hydroxylation sites is 1. The number of rotatable bonds is 12. The highest BCUT2D eigenvalue weighted by Crippen LogP contribution is 2.22. The Bertz CT molecular complexity index is 1880. The molecule has 0 radical (unpaired) electrons. The van der Waals surface area contributed by atoms with E-state index in [-0.39, 0.29) is 24.9 Å². The van der Waals surface area contributed by atoms with Crippen molar-refractivity contribution in [2.24, 2.45) is 0 Å². The van der Waals surface area contributed by atoms with Gasteiger partial charge in [0.2, 0.25) is 5.91 Å². The highest BCUT2D eigenvalue weighted by atomic mass is 16.3. The van der Waals surface area contributed by atoms with Gasteiger partial charge in [0.05, 0.1) is 12.8 Å². The van der Waals surface area contributed by atoms with Gasteiger partial charge in [0, 0.05) is 55.5 Å². The van der Waals surface area contributed by atoms with Crippen LogP contribution < -0.4 is 4.90 Å². The van der Waals surface area contributed by atoms with Crippen LogP contribution in [0.4, 0.5) is 5.69 Å². The molecule has 0 atom stereocenters. The topological polar surface area (TPSA) is 72.8 Å². The van der Waals surface area contributed by atoms with Gasteiger partial charge in [-0.3, -0.25) is 9.59 Å². The maximum absolute atomic E-state index is 14.1. The Hall–Kier alpha value is -5.56. The van der Waals surface area contributed by atoms with Crippen molar-refractivity contribution in [3.8, 4) is 11.1 Å². The van der Waals surface area contributed by atoms with Crippen LogP contribution in [0.5, 0.6) is 0 Å². The molecule has 2 aromatic heterocycles. The molecule has 232 valence electrons. The van der Waals surface area contributed by atoms with Crippen LogP contribution >= 0.6 is 0 Å². The summed E-state index contributed by atoms with van der Waals surface area (Å²) in [6, 6.07) is 37.6. The second-order valence-electron chi connectivity index (χ2n) is 11.7. The summed E-state index contributed by atoms with van der Waals surface area (Å²) < 4.78 is 5.61. The third-order valence-electron chi connectivity index (χ3n) is 8.28. The van der Waals surface area contributed by atoms with Crippen molar-refractivity contribution in [2.45, 2.75) is 19.5 Å². The molecular weight excluding hydrogens is 572 g/mol. The highest BCUT2D eigenvalue weighted by Gasteiger charge is 2.24. The summed E-state index contributed by atoms with van der Waals surface area (Å²) in [5.41, 5.74) is 6.96. The number of amides is 2. The molecule has 6 aromatic rings. The first-order valence-corrected chi connectivity index (χ1v) is 15.5. The third-order valence-corrected chi connectivity index (χ3v) is 8.28. The van der Waals surface area contributed by atoms with Crippen LogP contribution in [-0.4, -0.2) is 53.8 Å². The summed E-state index contributed by atoms with van der Waals surface area (Å²) in [4.78, 5) is 36.9. The first-order valence-electron chi connectivity index (χ1n) is 15.5. The quantitative estimate of drug-likeness (QED) is 0.157. The smallest absolute Gasteiger partial charge is 0.254 e. The molecule has 2 amide bonds. The van der Waals surface area contributed by atoms with Gasteiger partial charge in [-0.2, -0.15) is 0 Å². The van der Waals surface area contributed by atoms with Gasteiger partial charge >= 0.3 is 0 Å². The number of benzene rings is 4. The van der Waals surface area contributed by atoms with Crippen LogP contribution in [0.2, 0.25) is 0 Å². The number of anilines is 1. The van der Waals surface area contributed by atoms with Gasteiger partial charge in [0.25, 0.3) is 5.91 Å². The average molecular weight is 611 g/mol. The Morgan fingerprint density at radius 2 is 1.43 bits per heavy atom. The van der Waals surface area contributed by atoms with Crippen LogP contribution in [0.3, 0.4) is 0 Å². The van der Waals surface area contributed by atoms with Gasteiger partial charge in [0.1, 0.15) is 12.3 Å². The molecule has 0 aliphatic carbocycles. The number of carbonyl (C=O) groups excluding carboxylic acids is 2. The molecule has 7 nitrogen and oxygen atoms in total. The molecule has 46 heavy (non-hydrogen) atoms. The predicted octanol–water partition coefficient (Wildman–Crippen LogP) is 7.41. The van der Waals surface area contributed by atoms with Crippen LogP contribution in [0.25, 0.3) is 22.0 Å². The Morgan fingerprint density at radius 1 is 0.717 bits per heavy atom. The Kier molecular flexibility index (Phi) is 9.29. The Labute approximate surface area is 269 Å². The molecule has 7 heteroatoms. The first kappa shape index (κ1) is 30.5. The first-order chi connectivity index (χ1) is 22.4. The van der Waals surface area contributed by atoms with Gasteiger partial charge < -0.3 is 24.1 Å². The summed E-state index contributed by atoms with van der Waals surface area (Å²) in [5, 5.41) is 1.15. The van der Waals surface area contributed by atoms with Crippen molar-refractivity contribution in [3.63, 3.8) is 0 Å². The van der Waals surface area contributed by atoms with Crippen LogP contribution in [-0.2, 0) is 24.3 Å². The van der Waals surface area contributed by atoms with Crippen molar-refractivity contribution in [1.29, 1.82) is 0 Å². The highest BCUT2D eigenvalue weighted by molar-refractivity contribution is 5.97. The fraction of sp³-hybridized carbons (Fsp3) is 0.179. The molecule has 0 unspecified atom stereocenters. The number of furan rings is 1. The summed E-state index contributed by atoms with van der Waals surface area (Å²) in [5.74, 6) is 0.264. The van der Waals surface area contributed by atoms with E-state index in [0.29, 0.717) is 30.8 Å². The second-order valence-corrected chi connectivity index (χ2v) is 11.7. The zero-order chi connectivity index (χ0) is 31.9. The molecule has 0 bridgehead atoms. The van der Waals surface area contributed by atoms with Crippen LogP contribution in [0.15, 0.2) is 132 Å². The van der Waals surface area contributed by atoms with E-state index in [1.165, 1.54) is 0 Å². The minimum atomic E-state index is -0.226. The fourth-order valence-corrected chi connectivity index (χ4v) is 5.68. The Balaban J connectivity index is 1.24. The SMILES string of the molecule is CN(C)c1ccc(CN(CCc2c[nH]c3ccccc23)C(=O)CN(Cc2ccco2)C(=O)c2ccc(-c3ccccc3)cc2)cc1. The second kappa shape index (κ2) is 14.0. The minimum absolute atomic E-state index is 0.0797. The number of nitrogens with zero attached hydrogens (tertiary/aromatic N) is 3. The maximum Gasteiger partial charge on any atom is 0.254 e. The van der Waals surface area contributed by atoms with E-state index >= 15 is 0 Å². The molecule has 4 aromatic carbocycles. The van der Waals surface area contributed by atoms with E-state index in [9.17, 15) is 9.59 Å². The maximum atomic E-state index is 14.1. The van der Waals surface area contributed by atoms with Crippen LogP contribution in [0, 0.1) is 0 Å². The van der Waals surface area contributed by atoms with Crippen molar-refractivity contribution < 1.29 is 14.0 Å². The Morgan fingerprint density at radius 3 is 2.15 bits per heavy atom. The van der Waals surface area contributed by atoms with Gasteiger partial charge in [-0.25, -0.2) is 0 Å². The number of hydrogen-bond donors (Lipinski definition) is 1. The molecule has 0 aliphatic rings. The largest absolute Gasteiger partial charge is 0.467 e. The summed E-state index contributed by atoms with van der Waals surface area (Å²) >= 11 is 0. The number of fused-ring (bicyclic) bond motifs is 1. The number of aromatic amines is 1. The molecule has 0 saturated heterocycles. The van der Waals surface area contributed by atoms with E-state index in [1.807, 2.05) is 103 Å².